The van der Waals surface area contributed by atoms with Gasteiger partial charge in [-0.3, -0.25) is 4.98 Å². The van der Waals surface area contributed by atoms with E-state index in [1.807, 2.05) is 6.07 Å². The number of nitrogens with one attached hydrogen (secondary N) is 1. The summed E-state index contributed by atoms with van der Waals surface area (Å²) in [4.78, 5) is 3.91. The lowest BCUT2D eigenvalue weighted by atomic mass is 10.2. The van der Waals surface area contributed by atoms with Crippen molar-refractivity contribution in [3.63, 3.8) is 0 Å². The van der Waals surface area contributed by atoms with Crippen LogP contribution in [0.4, 0.5) is 15.8 Å². The normalized spacial score (nSPS) is 10.1. The first-order valence-electron chi connectivity index (χ1n) is 4.93. The van der Waals surface area contributed by atoms with Crippen LogP contribution in [0.2, 0.25) is 0 Å². The Balaban J connectivity index is 2.02. The largest absolute Gasteiger partial charge is 0.397 e. The van der Waals surface area contributed by atoms with Crippen LogP contribution in [0.3, 0.4) is 0 Å². The molecular weight excluding hydrogens is 205 g/mol. The second-order valence-corrected chi connectivity index (χ2v) is 3.43. The number of nitrogen functional groups attached to an aromatic ring is 1. The van der Waals surface area contributed by atoms with Crippen molar-refractivity contribution in [3.8, 4) is 0 Å². The first-order chi connectivity index (χ1) is 7.75. The van der Waals surface area contributed by atoms with Crippen LogP contribution in [0.1, 0.15) is 5.56 Å². The molecule has 0 aliphatic heterocycles. The molecule has 0 bridgehead atoms. The van der Waals surface area contributed by atoms with Crippen LogP contribution in [0, 0.1) is 5.82 Å². The van der Waals surface area contributed by atoms with Crippen LogP contribution in [0.25, 0.3) is 0 Å². The summed E-state index contributed by atoms with van der Waals surface area (Å²) in [6.45, 7) is 0.597. The van der Waals surface area contributed by atoms with Gasteiger partial charge in [0.05, 0.1) is 11.9 Å². The number of pyridine rings is 1. The molecule has 1 heterocycles. The highest BCUT2D eigenvalue weighted by Gasteiger charge is 1.98. The average Bonchev–Trinajstić information content (AvgIpc) is 2.30. The lowest BCUT2D eigenvalue weighted by molar-refractivity contribution is 0.628. The van der Waals surface area contributed by atoms with Gasteiger partial charge in [0, 0.05) is 18.4 Å². The van der Waals surface area contributed by atoms with E-state index in [2.05, 4.69) is 10.3 Å². The minimum absolute atomic E-state index is 0.242. The first kappa shape index (κ1) is 10.4. The number of rotatable bonds is 3. The van der Waals surface area contributed by atoms with Crippen molar-refractivity contribution < 1.29 is 4.39 Å². The number of aromatic nitrogens is 1. The molecule has 1 aromatic heterocycles. The highest BCUT2D eigenvalue weighted by Crippen LogP contribution is 2.13. The monoisotopic (exact) mass is 217 g/mol. The summed E-state index contributed by atoms with van der Waals surface area (Å²) in [5.74, 6) is -0.242. The van der Waals surface area contributed by atoms with Crippen molar-refractivity contribution in [2.45, 2.75) is 6.54 Å². The van der Waals surface area contributed by atoms with E-state index in [0.717, 1.165) is 11.3 Å². The van der Waals surface area contributed by atoms with Crippen molar-refractivity contribution in [1.82, 2.24) is 4.98 Å². The molecule has 16 heavy (non-hydrogen) atoms. The summed E-state index contributed by atoms with van der Waals surface area (Å²) in [6, 6.07) is 8.06. The Kier molecular flexibility index (Phi) is 3.00. The summed E-state index contributed by atoms with van der Waals surface area (Å²) in [5, 5.41) is 3.15. The number of nitrogens with zero attached hydrogens (tertiary/aromatic N) is 1. The van der Waals surface area contributed by atoms with Crippen molar-refractivity contribution >= 4 is 11.4 Å². The molecule has 82 valence electrons. The number of nitrogens with two attached hydrogens (primary N) is 1. The second kappa shape index (κ2) is 4.61. The summed E-state index contributed by atoms with van der Waals surface area (Å²) in [6.07, 6.45) is 3.31. The van der Waals surface area contributed by atoms with E-state index in [1.165, 1.54) is 12.1 Å². The van der Waals surface area contributed by atoms with Crippen molar-refractivity contribution in [2.75, 3.05) is 11.1 Å². The molecule has 0 aliphatic carbocycles. The molecule has 2 aromatic rings. The Morgan fingerprint density at radius 1 is 1.19 bits per heavy atom. The Labute approximate surface area is 93.1 Å². The fourth-order valence-electron chi connectivity index (χ4n) is 1.36. The Morgan fingerprint density at radius 2 is 1.94 bits per heavy atom. The summed E-state index contributed by atoms with van der Waals surface area (Å²) in [7, 11) is 0. The molecule has 3 N–H and O–H groups in total. The van der Waals surface area contributed by atoms with Gasteiger partial charge in [-0.05, 0) is 35.9 Å². The van der Waals surface area contributed by atoms with Crippen LogP contribution in [-0.4, -0.2) is 4.98 Å². The lowest BCUT2D eigenvalue weighted by Gasteiger charge is -2.08. The zero-order valence-corrected chi connectivity index (χ0v) is 8.65. The Hall–Kier alpha value is -2.10. The van der Waals surface area contributed by atoms with Gasteiger partial charge in [-0.25, -0.2) is 4.39 Å². The fraction of sp³-hybridized carbons (Fsp3) is 0.0833. The number of hydrogen-bond donors (Lipinski definition) is 2. The third-order valence-electron chi connectivity index (χ3n) is 2.27. The second-order valence-electron chi connectivity index (χ2n) is 3.43. The van der Waals surface area contributed by atoms with E-state index in [4.69, 9.17) is 5.73 Å². The first-order valence-corrected chi connectivity index (χ1v) is 4.93. The standard InChI is InChI=1S/C12H12FN3/c13-10-1-3-11(4-2-10)16-7-9-5-6-15-8-12(9)14/h1-6,8,16H,7,14H2. The number of anilines is 2. The summed E-state index contributed by atoms with van der Waals surface area (Å²) in [5.41, 5.74) is 8.23. The molecule has 0 spiro atoms. The summed E-state index contributed by atoms with van der Waals surface area (Å²) >= 11 is 0. The van der Waals surface area contributed by atoms with E-state index >= 15 is 0 Å². The number of hydrogen-bond acceptors (Lipinski definition) is 3. The summed E-state index contributed by atoms with van der Waals surface area (Å²) < 4.78 is 12.7. The van der Waals surface area contributed by atoms with Gasteiger partial charge in [0.2, 0.25) is 0 Å². The third-order valence-corrected chi connectivity index (χ3v) is 2.27. The molecule has 4 heteroatoms. The van der Waals surface area contributed by atoms with Crippen LogP contribution >= 0.6 is 0 Å². The van der Waals surface area contributed by atoms with Gasteiger partial charge < -0.3 is 11.1 Å². The maximum absolute atomic E-state index is 12.7. The molecule has 0 amide bonds. The van der Waals surface area contributed by atoms with Gasteiger partial charge in [0.1, 0.15) is 5.82 Å². The predicted octanol–water partition coefficient (Wildman–Crippen LogP) is 2.42. The SMILES string of the molecule is Nc1cnccc1CNc1ccc(F)cc1. The molecule has 0 saturated heterocycles. The van der Waals surface area contributed by atoms with Gasteiger partial charge in [-0.2, -0.15) is 0 Å². The highest BCUT2D eigenvalue weighted by atomic mass is 19.1. The molecular formula is C12H12FN3. The molecule has 0 radical (unpaired) electrons. The van der Waals surface area contributed by atoms with Crippen molar-refractivity contribution in [3.05, 3.63) is 54.1 Å². The minimum Gasteiger partial charge on any atom is -0.397 e. The van der Waals surface area contributed by atoms with Crippen LogP contribution in [-0.2, 0) is 6.54 Å². The lowest BCUT2D eigenvalue weighted by Crippen LogP contribution is -2.03. The third kappa shape index (κ3) is 2.48. The van der Waals surface area contributed by atoms with E-state index in [9.17, 15) is 4.39 Å². The van der Waals surface area contributed by atoms with E-state index in [-0.39, 0.29) is 5.82 Å². The average molecular weight is 217 g/mol. The Morgan fingerprint density at radius 3 is 2.62 bits per heavy atom. The van der Waals surface area contributed by atoms with Gasteiger partial charge in [0.15, 0.2) is 0 Å². The van der Waals surface area contributed by atoms with Gasteiger partial charge in [0.25, 0.3) is 0 Å². The smallest absolute Gasteiger partial charge is 0.123 e. The van der Waals surface area contributed by atoms with Crippen molar-refractivity contribution in [1.29, 1.82) is 0 Å². The van der Waals surface area contributed by atoms with Gasteiger partial charge in [-0.1, -0.05) is 0 Å². The molecule has 0 fully saturated rings. The fourth-order valence-corrected chi connectivity index (χ4v) is 1.36. The molecule has 3 nitrogen and oxygen atoms in total. The number of halogens is 1. The molecule has 2 rings (SSSR count). The maximum Gasteiger partial charge on any atom is 0.123 e. The van der Waals surface area contributed by atoms with E-state index < -0.39 is 0 Å². The maximum atomic E-state index is 12.7. The molecule has 1 aromatic carbocycles. The molecule has 0 unspecified atom stereocenters. The molecule has 0 aliphatic rings. The van der Waals surface area contributed by atoms with Gasteiger partial charge in [-0.15, -0.1) is 0 Å². The van der Waals surface area contributed by atoms with Crippen LogP contribution < -0.4 is 11.1 Å². The Bertz CT molecular complexity index is 468. The zero-order valence-electron chi connectivity index (χ0n) is 8.65. The van der Waals surface area contributed by atoms with Crippen molar-refractivity contribution in [2.24, 2.45) is 0 Å². The molecule has 0 atom stereocenters. The minimum atomic E-state index is -0.242. The van der Waals surface area contributed by atoms with E-state index in [1.54, 1.807) is 24.5 Å². The zero-order chi connectivity index (χ0) is 11.4. The number of benzene rings is 1. The highest BCUT2D eigenvalue weighted by molar-refractivity contribution is 5.48. The van der Waals surface area contributed by atoms with Gasteiger partial charge >= 0.3 is 0 Å². The van der Waals surface area contributed by atoms with Crippen LogP contribution in [0.5, 0.6) is 0 Å². The predicted molar refractivity (Wildman–Crippen MR) is 62.4 cm³/mol. The van der Waals surface area contributed by atoms with E-state index in [0.29, 0.717) is 12.2 Å². The molecule has 0 saturated carbocycles. The van der Waals surface area contributed by atoms with Crippen LogP contribution in [0.15, 0.2) is 42.7 Å². The quantitative estimate of drug-likeness (QED) is 0.830. The topological polar surface area (TPSA) is 50.9 Å².